The summed E-state index contributed by atoms with van der Waals surface area (Å²) in [6, 6.07) is 13.7. The minimum Gasteiger partial charge on any atom is -0.508 e. The van der Waals surface area contributed by atoms with Gasteiger partial charge in [-0.2, -0.15) is 0 Å². The number of rotatable bonds is 4. The van der Waals surface area contributed by atoms with Crippen LogP contribution in [-0.2, 0) is 15.1 Å². The lowest BCUT2D eigenvalue weighted by Gasteiger charge is -2.38. The van der Waals surface area contributed by atoms with Crippen molar-refractivity contribution in [2.24, 2.45) is 10.4 Å². The zero-order chi connectivity index (χ0) is 20.5. The quantitative estimate of drug-likeness (QED) is 0.765. The molecule has 6 heteroatoms. The molecule has 0 radical (unpaired) electrons. The molecule has 2 aromatic rings. The maximum absolute atomic E-state index is 13.1. The predicted octanol–water partition coefficient (Wildman–Crippen LogP) is 4.55. The molecule has 0 aromatic heterocycles. The Labute approximate surface area is 170 Å². The van der Waals surface area contributed by atoms with E-state index in [4.69, 9.17) is 16.3 Å². The molecule has 0 bridgehead atoms. The van der Waals surface area contributed by atoms with E-state index in [0.717, 1.165) is 0 Å². The third kappa shape index (κ3) is 3.59. The van der Waals surface area contributed by atoms with E-state index in [1.807, 2.05) is 35.2 Å². The average Bonchev–Trinajstić information content (AvgIpc) is 3.00. The standard InChI is InChI=1S/C22H25ClN2O3/c1-21(2,3)13-25-14-24-22(20(27)28-4,15-8-6-5-7-9-15)19(25)17-11-10-16(23)12-18(17)26/h5-12,14,19,26H,13H2,1-4H3/t19-,22+/m0/s1. The Morgan fingerprint density at radius 3 is 2.50 bits per heavy atom. The molecular formula is C22H25ClN2O3. The number of esters is 1. The number of benzene rings is 2. The van der Waals surface area contributed by atoms with E-state index >= 15 is 0 Å². The summed E-state index contributed by atoms with van der Waals surface area (Å²) in [5.74, 6) is -0.461. The normalized spacial score (nSPS) is 21.8. The minimum absolute atomic E-state index is 0.0196. The Bertz CT molecular complexity index is 892. The highest BCUT2D eigenvalue weighted by Crippen LogP contribution is 2.49. The largest absolute Gasteiger partial charge is 0.508 e. The third-order valence-corrected chi connectivity index (χ3v) is 5.03. The molecule has 0 amide bonds. The molecule has 1 aliphatic heterocycles. The van der Waals surface area contributed by atoms with Crippen LogP contribution in [0.2, 0.25) is 5.02 Å². The van der Waals surface area contributed by atoms with Crippen molar-refractivity contribution in [2.75, 3.05) is 13.7 Å². The van der Waals surface area contributed by atoms with Crippen LogP contribution in [0.5, 0.6) is 5.75 Å². The van der Waals surface area contributed by atoms with Crippen molar-refractivity contribution in [1.82, 2.24) is 4.90 Å². The Hall–Kier alpha value is -2.53. The summed E-state index contributed by atoms with van der Waals surface area (Å²) in [6.07, 6.45) is 1.69. The van der Waals surface area contributed by atoms with Gasteiger partial charge in [-0.3, -0.25) is 0 Å². The molecule has 28 heavy (non-hydrogen) atoms. The molecule has 1 aliphatic rings. The van der Waals surface area contributed by atoms with Gasteiger partial charge in [-0.1, -0.05) is 68.8 Å². The number of aliphatic imine (C=N–C) groups is 1. The van der Waals surface area contributed by atoms with Gasteiger partial charge in [0.05, 0.1) is 19.5 Å². The number of aromatic hydroxyl groups is 1. The second-order valence-electron chi connectivity index (χ2n) is 8.21. The van der Waals surface area contributed by atoms with Gasteiger partial charge in [0, 0.05) is 17.1 Å². The lowest BCUT2D eigenvalue weighted by molar-refractivity contribution is -0.149. The molecule has 0 aliphatic carbocycles. The van der Waals surface area contributed by atoms with E-state index in [0.29, 0.717) is 22.7 Å². The average molecular weight is 401 g/mol. The summed E-state index contributed by atoms with van der Waals surface area (Å²) in [5.41, 5.74) is -0.115. The first-order chi connectivity index (χ1) is 13.2. The molecule has 0 fully saturated rings. The predicted molar refractivity (Wildman–Crippen MR) is 111 cm³/mol. The number of hydrogen-bond acceptors (Lipinski definition) is 5. The molecule has 5 nitrogen and oxygen atoms in total. The van der Waals surface area contributed by atoms with E-state index in [1.54, 1.807) is 18.5 Å². The molecule has 0 spiro atoms. The van der Waals surface area contributed by atoms with Gasteiger partial charge in [0.1, 0.15) is 5.75 Å². The smallest absolute Gasteiger partial charge is 0.341 e. The summed E-state index contributed by atoms with van der Waals surface area (Å²) in [6.45, 7) is 6.97. The SMILES string of the molecule is COC(=O)[C@]1(c2ccccc2)N=CN(CC(C)(C)C)[C@H]1c1ccc(Cl)cc1O. The maximum Gasteiger partial charge on any atom is 0.341 e. The topological polar surface area (TPSA) is 62.1 Å². The third-order valence-electron chi connectivity index (χ3n) is 4.79. The van der Waals surface area contributed by atoms with Crippen molar-refractivity contribution in [1.29, 1.82) is 0 Å². The fourth-order valence-electron chi connectivity index (χ4n) is 3.74. The van der Waals surface area contributed by atoms with Crippen LogP contribution in [0.25, 0.3) is 0 Å². The lowest BCUT2D eigenvalue weighted by Crippen LogP contribution is -2.45. The number of ether oxygens (including phenoxy) is 1. The van der Waals surface area contributed by atoms with E-state index in [9.17, 15) is 9.90 Å². The molecule has 1 N–H and O–H groups in total. The van der Waals surface area contributed by atoms with Crippen LogP contribution in [-0.4, -0.2) is 36.0 Å². The van der Waals surface area contributed by atoms with E-state index in [-0.39, 0.29) is 11.2 Å². The van der Waals surface area contributed by atoms with Crippen LogP contribution in [0.15, 0.2) is 53.5 Å². The summed E-state index contributed by atoms with van der Waals surface area (Å²) in [4.78, 5) is 19.8. The Balaban J connectivity index is 2.24. The van der Waals surface area contributed by atoms with Gasteiger partial charge in [-0.15, -0.1) is 0 Å². The van der Waals surface area contributed by atoms with Crippen molar-refractivity contribution in [3.63, 3.8) is 0 Å². The number of halogens is 1. The van der Waals surface area contributed by atoms with Crippen LogP contribution in [0.1, 0.15) is 37.9 Å². The first-order valence-electron chi connectivity index (χ1n) is 9.12. The number of methoxy groups -OCH3 is 1. The number of nitrogens with zero attached hydrogens (tertiary/aromatic N) is 2. The molecule has 0 saturated carbocycles. The second-order valence-corrected chi connectivity index (χ2v) is 8.64. The van der Waals surface area contributed by atoms with Crippen molar-refractivity contribution in [3.8, 4) is 5.75 Å². The van der Waals surface area contributed by atoms with E-state index in [2.05, 4.69) is 25.8 Å². The van der Waals surface area contributed by atoms with Gasteiger partial charge in [-0.05, 0) is 23.1 Å². The van der Waals surface area contributed by atoms with Crippen molar-refractivity contribution in [3.05, 3.63) is 64.7 Å². The number of carbonyl (C=O) groups is 1. The van der Waals surface area contributed by atoms with Crippen LogP contribution < -0.4 is 0 Å². The molecule has 148 valence electrons. The molecule has 2 aromatic carbocycles. The van der Waals surface area contributed by atoms with Crippen molar-refractivity contribution in [2.45, 2.75) is 32.4 Å². The van der Waals surface area contributed by atoms with Gasteiger partial charge in [-0.25, -0.2) is 9.79 Å². The highest BCUT2D eigenvalue weighted by Gasteiger charge is 2.55. The highest BCUT2D eigenvalue weighted by molar-refractivity contribution is 6.30. The first kappa shape index (κ1) is 20.2. The van der Waals surface area contributed by atoms with Crippen LogP contribution in [0.3, 0.4) is 0 Å². The summed E-state index contributed by atoms with van der Waals surface area (Å²) in [5, 5.41) is 11.1. The van der Waals surface area contributed by atoms with E-state index < -0.39 is 17.6 Å². The van der Waals surface area contributed by atoms with Gasteiger partial charge >= 0.3 is 5.97 Å². The monoisotopic (exact) mass is 400 g/mol. The van der Waals surface area contributed by atoms with Gasteiger partial charge in [0.25, 0.3) is 0 Å². The van der Waals surface area contributed by atoms with Crippen molar-refractivity contribution >= 4 is 23.9 Å². The van der Waals surface area contributed by atoms with Crippen LogP contribution in [0, 0.1) is 5.41 Å². The fourth-order valence-corrected chi connectivity index (χ4v) is 3.90. The Morgan fingerprint density at radius 1 is 1.25 bits per heavy atom. The van der Waals surface area contributed by atoms with Crippen LogP contribution >= 0.6 is 11.6 Å². The van der Waals surface area contributed by atoms with Gasteiger partial charge in [0.15, 0.2) is 0 Å². The summed E-state index contributed by atoms with van der Waals surface area (Å²) in [7, 11) is 1.35. The second kappa shape index (κ2) is 7.47. The molecule has 3 rings (SSSR count). The zero-order valence-electron chi connectivity index (χ0n) is 16.5. The number of hydrogen-bond donors (Lipinski definition) is 1. The van der Waals surface area contributed by atoms with Gasteiger partial charge in [0.2, 0.25) is 5.54 Å². The number of carbonyl (C=O) groups excluding carboxylic acids is 1. The fraction of sp³-hybridized carbons (Fsp3) is 0.364. The minimum atomic E-state index is -1.33. The number of phenolic OH excluding ortho intramolecular Hbond substituents is 1. The Morgan fingerprint density at radius 2 is 1.93 bits per heavy atom. The molecule has 0 unspecified atom stereocenters. The maximum atomic E-state index is 13.1. The zero-order valence-corrected chi connectivity index (χ0v) is 17.3. The highest BCUT2D eigenvalue weighted by atomic mass is 35.5. The summed E-state index contributed by atoms with van der Waals surface area (Å²) < 4.78 is 5.20. The van der Waals surface area contributed by atoms with E-state index in [1.165, 1.54) is 13.2 Å². The molecule has 0 saturated heterocycles. The molecule has 2 atom stereocenters. The molecular weight excluding hydrogens is 376 g/mol. The van der Waals surface area contributed by atoms with Crippen LogP contribution in [0.4, 0.5) is 0 Å². The number of phenols is 1. The summed E-state index contributed by atoms with van der Waals surface area (Å²) >= 11 is 6.05. The Kier molecular flexibility index (Phi) is 5.39. The van der Waals surface area contributed by atoms with Gasteiger partial charge < -0.3 is 14.7 Å². The molecule has 1 heterocycles. The lowest BCUT2D eigenvalue weighted by atomic mass is 9.79. The van der Waals surface area contributed by atoms with Crippen molar-refractivity contribution < 1.29 is 14.6 Å². The first-order valence-corrected chi connectivity index (χ1v) is 9.50.